The molecule has 0 aromatic carbocycles. The SMILES string of the molecule is CC1(C)OB(C(F)=C(c2cccnc2)C2CCCCC2)OC1(C)C. The number of allylic oxidation sites excluding steroid dienone is 1. The molecule has 1 aliphatic heterocycles. The third-order valence-electron chi connectivity index (χ3n) is 5.70. The molecule has 0 radical (unpaired) electrons. The highest BCUT2D eigenvalue weighted by atomic mass is 19.1. The molecule has 0 atom stereocenters. The minimum absolute atomic E-state index is 0.210. The van der Waals surface area contributed by atoms with E-state index < -0.39 is 18.3 Å². The topological polar surface area (TPSA) is 31.4 Å². The Hall–Kier alpha value is -1.20. The Morgan fingerprint density at radius 1 is 1.12 bits per heavy atom. The van der Waals surface area contributed by atoms with E-state index in [1.807, 2.05) is 39.8 Å². The summed E-state index contributed by atoms with van der Waals surface area (Å²) in [6.45, 7) is 7.80. The number of pyridine rings is 1. The maximum absolute atomic E-state index is 15.5. The Morgan fingerprint density at radius 3 is 2.29 bits per heavy atom. The smallest absolute Gasteiger partial charge is 0.398 e. The molecule has 24 heavy (non-hydrogen) atoms. The zero-order valence-corrected chi connectivity index (χ0v) is 15.1. The standard InChI is InChI=1S/C19H27BFNO2/c1-18(2)19(3,4)24-20(23-18)17(21)16(14-9-6-5-7-10-14)15-11-8-12-22-13-15/h8,11-14H,5-7,9-10H2,1-4H3. The lowest BCUT2D eigenvalue weighted by Gasteiger charge is -2.32. The van der Waals surface area contributed by atoms with E-state index in [2.05, 4.69) is 4.98 Å². The fourth-order valence-electron chi connectivity index (χ4n) is 3.56. The lowest BCUT2D eigenvalue weighted by molar-refractivity contribution is 0.00578. The fourth-order valence-corrected chi connectivity index (χ4v) is 3.56. The molecular formula is C19H27BFNO2. The van der Waals surface area contributed by atoms with Crippen molar-refractivity contribution in [3.05, 3.63) is 35.8 Å². The molecule has 3 nitrogen and oxygen atoms in total. The van der Waals surface area contributed by atoms with Crippen LogP contribution in [-0.4, -0.2) is 23.3 Å². The van der Waals surface area contributed by atoms with E-state index in [0.717, 1.165) is 36.8 Å². The molecule has 2 aliphatic rings. The number of halogens is 1. The Balaban J connectivity index is 1.99. The highest BCUT2D eigenvalue weighted by Gasteiger charge is 2.53. The van der Waals surface area contributed by atoms with E-state index in [9.17, 15) is 0 Å². The predicted octanol–water partition coefficient (Wildman–Crippen LogP) is 4.97. The third kappa shape index (κ3) is 3.29. The van der Waals surface area contributed by atoms with Crippen LogP contribution in [0.3, 0.4) is 0 Å². The van der Waals surface area contributed by atoms with Gasteiger partial charge in [-0.2, -0.15) is 0 Å². The van der Waals surface area contributed by atoms with Gasteiger partial charge in [-0.1, -0.05) is 25.3 Å². The Morgan fingerprint density at radius 2 is 1.75 bits per heavy atom. The molecule has 0 amide bonds. The second-order valence-electron chi connectivity index (χ2n) is 7.93. The van der Waals surface area contributed by atoms with Crippen LogP contribution in [0.2, 0.25) is 0 Å². The van der Waals surface area contributed by atoms with E-state index in [4.69, 9.17) is 9.31 Å². The molecule has 3 rings (SSSR count). The van der Waals surface area contributed by atoms with Crippen molar-refractivity contribution in [2.45, 2.75) is 71.0 Å². The van der Waals surface area contributed by atoms with Crippen LogP contribution in [0.5, 0.6) is 0 Å². The van der Waals surface area contributed by atoms with E-state index in [1.165, 1.54) is 6.42 Å². The molecule has 1 saturated heterocycles. The molecule has 2 heterocycles. The Bertz CT molecular complexity index is 593. The summed E-state index contributed by atoms with van der Waals surface area (Å²) in [5.74, 6) is 0.210. The summed E-state index contributed by atoms with van der Waals surface area (Å²) in [7, 11) is -0.938. The van der Waals surface area contributed by atoms with Gasteiger partial charge in [0.05, 0.1) is 11.2 Å². The average Bonchev–Trinajstić information content (AvgIpc) is 2.78. The van der Waals surface area contributed by atoms with Gasteiger partial charge in [0, 0.05) is 12.4 Å². The maximum atomic E-state index is 15.5. The molecule has 0 spiro atoms. The minimum atomic E-state index is -0.938. The van der Waals surface area contributed by atoms with Gasteiger partial charge >= 0.3 is 7.12 Å². The van der Waals surface area contributed by atoms with Gasteiger partial charge in [0.2, 0.25) is 0 Å². The molecule has 0 N–H and O–H groups in total. The van der Waals surface area contributed by atoms with Gasteiger partial charge in [-0.25, -0.2) is 4.39 Å². The summed E-state index contributed by atoms with van der Waals surface area (Å²) >= 11 is 0. The number of rotatable bonds is 3. The van der Waals surface area contributed by atoms with Crippen LogP contribution in [0.25, 0.3) is 5.57 Å². The van der Waals surface area contributed by atoms with Crippen molar-refractivity contribution in [3.63, 3.8) is 0 Å². The van der Waals surface area contributed by atoms with Crippen LogP contribution in [0, 0.1) is 5.92 Å². The second-order valence-corrected chi connectivity index (χ2v) is 7.93. The Kier molecular flexibility index (Phi) is 4.85. The lowest BCUT2D eigenvalue weighted by Crippen LogP contribution is -2.41. The molecule has 1 saturated carbocycles. The molecule has 0 unspecified atom stereocenters. The molecule has 2 fully saturated rings. The van der Waals surface area contributed by atoms with Crippen LogP contribution in [0.15, 0.2) is 30.3 Å². The van der Waals surface area contributed by atoms with Crippen LogP contribution in [0.4, 0.5) is 4.39 Å². The van der Waals surface area contributed by atoms with E-state index in [-0.39, 0.29) is 11.6 Å². The first-order valence-corrected chi connectivity index (χ1v) is 8.97. The molecule has 1 aliphatic carbocycles. The number of hydrogen-bond donors (Lipinski definition) is 0. The monoisotopic (exact) mass is 331 g/mol. The number of nitrogens with zero attached hydrogens (tertiary/aromatic N) is 1. The van der Waals surface area contributed by atoms with Crippen LogP contribution in [-0.2, 0) is 9.31 Å². The highest BCUT2D eigenvalue weighted by Crippen LogP contribution is 2.43. The summed E-state index contributed by atoms with van der Waals surface area (Å²) in [5.41, 5.74) is 0.204. The first-order chi connectivity index (χ1) is 11.3. The first-order valence-electron chi connectivity index (χ1n) is 8.97. The minimum Gasteiger partial charge on any atom is -0.398 e. The van der Waals surface area contributed by atoms with E-state index in [1.54, 1.807) is 12.4 Å². The van der Waals surface area contributed by atoms with Gasteiger partial charge in [0.25, 0.3) is 0 Å². The highest BCUT2D eigenvalue weighted by molar-refractivity contribution is 6.55. The van der Waals surface area contributed by atoms with Gasteiger partial charge in [0.1, 0.15) is 5.73 Å². The fraction of sp³-hybridized carbons (Fsp3) is 0.632. The van der Waals surface area contributed by atoms with Gasteiger partial charge in [-0.3, -0.25) is 4.98 Å². The zero-order chi connectivity index (χ0) is 17.4. The van der Waals surface area contributed by atoms with Crippen molar-refractivity contribution in [3.8, 4) is 0 Å². The van der Waals surface area contributed by atoms with E-state index >= 15 is 4.39 Å². The molecular weight excluding hydrogens is 304 g/mol. The number of hydrogen-bond acceptors (Lipinski definition) is 3. The molecule has 1 aromatic heterocycles. The number of aromatic nitrogens is 1. The lowest BCUT2D eigenvalue weighted by atomic mass is 9.74. The quantitative estimate of drug-likeness (QED) is 0.733. The van der Waals surface area contributed by atoms with Crippen molar-refractivity contribution < 1.29 is 13.7 Å². The van der Waals surface area contributed by atoms with Gasteiger partial charge < -0.3 is 9.31 Å². The average molecular weight is 331 g/mol. The zero-order valence-electron chi connectivity index (χ0n) is 15.1. The molecule has 130 valence electrons. The van der Waals surface area contributed by atoms with Crippen LogP contribution >= 0.6 is 0 Å². The predicted molar refractivity (Wildman–Crippen MR) is 94.9 cm³/mol. The van der Waals surface area contributed by atoms with Gasteiger partial charge in [0.15, 0.2) is 0 Å². The molecule has 5 heteroatoms. The second kappa shape index (κ2) is 6.60. The summed E-state index contributed by atoms with van der Waals surface area (Å²) in [5, 5.41) is 0. The first kappa shape index (κ1) is 17.6. The largest absolute Gasteiger partial charge is 0.525 e. The maximum Gasteiger partial charge on any atom is 0.525 e. The molecule has 1 aromatic rings. The van der Waals surface area contributed by atoms with Crippen molar-refractivity contribution in [1.82, 2.24) is 4.98 Å². The van der Waals surface area contributed by atoms with Crippen LogP contribution < -0.4 is 0 Å². The van der Waals surface area contributed by atoms with E-state index in [0.29, 0.717) is 0 Å². The van der Waals surface area contributed by atoms with Crippen LogP contribution in [0.1, 0.15) is 65.4 Å². The molecule has 0 bridgehead atoms. The summed E-state index contributed by atoms with van der Waals surface area (Å²) in [4.78, 5) is 4.18. The normalized spacial score (nSPS) is 24.8. The van der Waals surface area contributed by atoms with Crippen molar-refractivity contribution in [2.75, 3.05) is 0 Å². The van der Waals surface area contributed by atoms with Crippen molar-refractivity contribution in [2.24, 2.45) is 5.92 Å². The summed E-state index contributed by atoms with van der Waals surface area (Å²) < 4.78 is 27.4. The summed E-state index contributed by atoms with van der Waals surface area (Å²) in [6.07, 6.45) is 9.00. The third-order valence-corrected chi connectivity index (χ3v) is 5.70. The van der Waals surface area contributed by atoms with Crippen molar-refractivity contribution in [1.29, 1.82) is 0 Å². The summed E-state index contributed by atoms with van der Waals surface area (Å²) in [6, 6.07) is 3.79. The van der Waals surface area contributed by atoms with Gasteiger partial charge in [-0.15, -0.1) is 0 Å². The Labute approximate surface area is 144 Å². The van der Waals surface area contributed by atoms with Crippen molar-refractivity contribution >= 4 is 12.7 Å². The van der Waals surface area contributed by atoms with Gasteiger partial charge in [-0.05, 0) is 63.7 Å².